The van der Waals surface area contributed by atoms with Crippen molar-refractivity contribution < 1.29 is 22.3 Å². The fourth-order valence-corrected chi connectivity index (χ4v) is 5.81. The Balaban J connectivity index is 1.36. The Kier molecular flexibility index (Phi) is 5.82. The van der Waals surface area contributed by atoms with E-state index in [9.17, 15) is 17.6 Å². The lowest BCUT2D eigenvalue weighted by molar-refractivity contribution is -0.135. The molecule has 2 aromatic rings. The SMILES string of the molecule is CS(=O)(=O)C1C[C@H]2CC[C@@H](C1)N2C(=O)CCc1cccc(Oc2ccc(F)cc2)c1. The molecule has 0 saturated carbocycles. The Morgan fingerprint density at radius 1 is 1.07 bits per heavy atom. The van der Waals surface area contributed by atoms with Gasteiger partial charge in [-0.1, -0.05) is 12.1 Å². The van der Waals surface area contributed by atoms with E-state index in [2.05, 4.69) is 0 Å². The first-order valence-electron chi connectivity index (χ1n) is 10.3. The maximum absolute atomic E-state index is 13.0. The maximum atomic E-state index is 13.0. The first-order valence-corrected chi connectivity index (χ1v) is 12.3. The molecule has 3 atom stereocenters. The Labute approximate surface area is 176 Å². The average molecular weight is 432 g/mol. The highest BCUT2D eigenvalue weighted by molar-refractivity contribution is 7.91. The zero-order chi connectivity index (χ0) is 21.3. The topological polar surface area (TPSA) is 63.7 Å². The second-order valence-corrected chi connectivity index (χ2v) is 10.6. The third kappa shape index (κ3) is 4.67. The summed E-state index contributed by atoms with van der Waals surface area (Å²) in [5.41, 5.74) is 0.987. The van der Waals surface area contributed by atoms with Gasteiger partial charge >= 0.3 is 0 Å². The van der Waals surface area contributed by atoms with Crippen LogP contribution in [0.15, 0.2) is 48.5 Å². The van der Waals surface area contributed by atoms with Crippen LogP contribution in [0.2, 0.25) is 0 Å². The van der Waals surface area contributed by atoms with Gasteiger partial charge in [-0.3, -0.25) is 4.79 Å². The molecule has 1 amide bonds. The molecule has 2 fully saturated rings. The van der Waals surface area contributed by atoms with Gasteiger partial charge in [-0.15, -0.1) is 0 Å². The minimum Gasteiger partial charge on any atom is -0.457 e. The van der Waals surface area contributed by atoms with E-state index >= 15 is 0 Å². The van der Waals surface area contributed by atoms with E-state index in [0.717, 1.165) is 18.4 Å². The summed E-state index contributed by atoms with van der Waals surface area (Å²) in [6.07, 6.45) is 5.17. The fourth-order valence-electron chi connectivity index (χ4n) is 4.67. The molecular weight excluding hydrogens is 405 g/mol. The number of rotatable bonds is 6. The monoisotopic (exact) mass is 431 g/mol. The van der Waals surface area contributed by atoms with Crippen molar-refractivity contribution in [3.05, 3.63) is 59.9 Å². The summed E-state index contributed by atoms with van der Waals surface area (Å²) >= 11 is 0. The lowest BCUT2D eigenvalue weighted by Crippen LogP contribution is -2.49. The van der Waals surface area contributed by atoms with Crippen molar-refractivity contribution in [2.24, 2.45) is 0 Å². The van der Waals surface area contributed by atoms with Gasteiger partial charge in [0.25, 0.3) is 0 Å². The van der Waals surface area contributed by atoms with Crippen molar-refractivity contribution in [3.8, 4) is 11.5 Å². The second-order valence-electron chi connectivity index (χ2n) is 8.31. The van der Waals surface area contributed by atoms with Gasteiger partial charge in [-0.05, 0) is 74.1 Å². The van der Waals surface area contributed by atoms with Crippen LogP contribution in [0.4, 0.5) is 4.39 Å². The van der Waals surface area contributed by atoms with Crippen molar-refractivity contribution in [2.75, 3.05) is 6.26 Å². The number of amides is 1. The van der Waals surface area contributed by atoms with Gasteiger partial charge in [0.15, 0.2) is 0 Å². The van der Waals surface area contributed by atoms with Gasteiger partial charge in [0.05, 0.1) is 5.25 Å². The predicted octanol–water partition coefficient (Wildman–Crippen LogP) is 4.12. The van der Waals surface area contributed by atoms with E-state index in [1.54, 1.807) is 12.1 Å². The molecule has 4 rings (SSSR count). The molecule has 2 saturated heterocycles. The molecule has 2 bridgehead atoms. The Hall–Kier alpha value is -2.41. The van der Waals surface area contributed by atoms with E-state index in [1.165, 1.54) is 18.4 Å². The van der Waals surface area contributed by atoms with E-state index in [-0.39, 0.29) is 29.1 Å². The molecular formula is C23H26FNO4S. The average Bonchev–Trinajstić information content (AvgIpc) is 2.96. The maximum Gasteiger partial charge on any atom is 0.223 e. The van der Waals surface area contributed by atoms with E-state index in [0.29, 0.717) is 37.2 Å². The molecule has 0 spiro atoms. The number of halogens is 1. The summed E-state index contributed by atoms with van der Waals surface area (Å²) in [4.78, 5) is 14.9. The number of ether oxygens (including phenoxy) is 1. The van der Waals surface area contributed by atoms with Crippen LogP contribution in [0.5, 0.6) is 11.5 Å². The first-order chi connectivity index (χ1) is 14.3. The minimum absolute atomic E-state index is 0.0455. The number of sulfone groups is 1. The molecule has 0 aliphatic carbocycles. The lowest BCUT2D eigenvalue weighted by atomic mass is 10.0. The summed E-state index contributed by atoms with van der Waals surface area (Å²) in [7, 11) is -3.06. The highest BCUT2D eigenvalue weighted by Crippen LogP contribution is 2.38. The minimum atomic E-state index is -3.06. The summed E-state index contributed by atoms with van der Waals surface area (Å²) in [5, 5.41) is -0.320. The van der Waals surface area contributed by atoms with Gasteiger partial charge in [-0.25, -0.2) is 12.8 Å². The van der Waals surface area contributed by atoms with E-state index in [4.69, 9.17) is 4.74 Å². The number of carbonyl (C=O) groups is 1. The Bertz CT molecular complexity index is 1010. The third-order valence-electron chi connectivity index (χ3n) is 6.16. The number of aryl methyl sites for hydroxylation is 1. The van der Waals surface area contributed by atoms with Crippen LogP contribution in [0.1, 0.15) is 37.7 Å². The number of hydrogen-bond acceptors (Lipinski definition) is 4. The zero-order valence-corrected chi connectivity index (χ0v) is 17.8. The standard InChI is InChI=1S/C23H26FNO4S/c1-30(27,28)22-14-18-8-9-19(15-22)25(18)23(26)12-5-16-3-2-4-21(13-16)29-20-10-6-17(24)7-11-20/h2-4,6-7,10-11,13,18-19,22H,5,8-9,12,14-15H2,1H3/t18-,19+,22?. The summed E-state index contributed by atoms with van der Waals surface area (Å²) in [6, 6.07) is 13.5. The highest BCUT2D eigenvalue weighted by atomic mass is 32.2. The van der Waals surface area contributed by atoms with Crippen LogP contribution in [-0.2, 0) is 21.1 Å². The number of fused-ring (bicyclic) bond motifs is 2. The van der Waals surface area contributed by atoms with Gasteiger partial charge in [-0.2, -0.15) is 0 Å². The number of hydrogen-bond donors (Lipinski definition) is 0. The summed E-state index contributed by atoms with van der Waals surface area (Å²) < 4.78 is 42.7. The molecule has 0 N–H and O–H groups in total. The number of nitrogens with zero attached hydrogens (tertiary/aromatic N) is 1. The molecule has 30 heavy (non-hydrogen) atoms. The molecule has 7 heteroatoms. The number of benzene rings is 2. The number of carbonyl (C=O) groups excluding carboxylic acids is 1. The lowest BCUT2D eigenvalue weighted by Gasteiger charge is -2.38. The molecule has 2 aliphatic heterocycles. The summed E-state index contributed by atoms with van der Waals surface area (Å²) in [6.45, 7) is 0. The molecule has 160 valence electrons. The highest BCUT2D eigenvalue weighted by Gasteiger charge is 2.45. The van der Waals surface area contributed by atoms with Crippen molar-refractivity contribution >= 4 is 15.7 Å². The van der Waals surface area contributed by atoms with Crippen LogP contribution in [0, 0.1) is 5.82 Å². The largest absolute Gasteiger partial charge is 0.457 e. The van der Waals surface area contributed by atoms with Gasteiger partial charge in [0.2, 0.25) is 5.91 Å². The molecule has 0 radical (unpaired) electrons. The van der Waals surface area contributed by atoms with Crippen LogP contribution < -0.4 is 4.74 Å². The van der Waals surface area contributed by atoms with E-state index < -0.39 is 9.84 Å². The zero-order valence-electron chi connectivity index (χ0n) is 17.0. The van der Waals surface area contributed by atoms with Gasteiger partial charge in [0.1, 0.15) is 27.2 Å². The Morgan fingerprint density at radius 2 is 1.73 bits per heavy atom. The normalized spacial score (nSPS) is 23.4. The molecule has 2 heterocycles. The first kappa shape index (κ1) is 20.8. The van der Waals surface area contributed by atoms with Crippen LogP contribution >= 0.6 is 0 Å². The van der Waals surface area contributed by atoms with Crippen LogP contribution in [0.25, 0.3) is 0 Å². The smallest absolute Gasteiger partial charge is 0.223 e. The quantitative estimate of drug-likeness (QED) is 0.690. The van der Waals surface area contributed by atoms with Crippen LogP contribution in [0.3, 0.4) is 0 Å². The second kappa shape index (κ2) is 8.38. The molecule has 5 nitrogen and oxygen atoms in total. The molecule has 2 aromatic carbocycles. The fraction of sp³-hybridized carbons (Fsp3) is 0.435. The van der Waals surface area contributed by atoms with Gasteiger partial charge in [0, 0.05) is 24.8 Å². The third-order valence-corrected chi connectivity index (χ3v) is 7.75. The van der Waals surface area contributed by atoms with Gasteiger partial charge < -0.3 is 9.64 Å². The van der Waals surface area contributed by atoms with Crippen molar-refractivity contribution in [1.82, 2.24) is 4.90 Å². The van der Waals surface area contributed by atoms with Crippen LogP contribution in [-0.4, -0.2) is 42.8 Å². The van der Waals surface area contributed by atoms with Crippen molar-refractivity contribution in [3.63, 3.8) is 0 Å². The Morgan fingerprint density at radius 3 is 2.37 bits per heavy atom. The number of piperidine rings is 1. The van der Waals surface area contributed by atoms with Crippen molar-refractivity contribution in [1.29, 1.82) is 0 Å². The summed E-state index contributed by atoms with van der Waals surface area (Å²) in [5.74, 6) is 0.971. The molecule has 2 aliphatic rings. The molecule has 0 aromatic heterocycles. The predicted molar refractivity (Wildman–Crippen MR) is 113 cm³/mol. The van der Waals surface area contributed by atoms with E-state index in [1.807, 2.05) is 29.2 Å². The molecule has 1 unspecified atom stereocenters. The van der Waals surface area contributed by atoms with Crippen molar-refractivity contribution in [2.45, 2.75) is 55.9 Å².